The minimum Gasteiger partial charge on any atom is -0.480 e. The molecule has 2 heterocycles. The van der Waals surface area contributed by atoms with Crippen molar-refractivity contribution in [2.24, 2.45) is 5.92 Å². The predicted octanol–water partition coefficient (Wildman–Crippen LogP) is 0.297. The molecule has 0 aromatic heterocycles. The van der Waals surface area contributed by atoms with Crippen molar-refractivity contribution in [3.63, 3.8) is 0 Å². The van der Waals surface area contributed by atoms with E-state index in [-0.39, 0.29) is 18.7 Å². The number of carbonyl (C=O) groups excluding carboxylic acids is 1. The molecule has 3 atom stereocenters. The highest BCUT2D eigenvalue weighted by Crippen LogP contribution is 2.22. The Morgan fingerprint density at radius 1 is 1.40 bits per heavy atom. The van der Waals surface area contributed by atoms with Gasteiger partial charge in [-0.25, -0.2) is 9.59 Å². The SMILES string of the molecule is CCC1OCCC1CNC(=O)N1CCOCC1C(=O)O. The maximum atomic E-state index is 12.1. The van der Waals surface area contributed by atoms with E-state index < -0.39 is 12.0 Å². The number of carboxylic acids is 1. The largest absolute Gasteiger partial charge is 0.480 e. The normalized spacial score (nSPS) is 30.2. The lowest BCUT2D eigenvalue weighted by atomic mass is 10.00. The van der Waals surface area contributed by atoms with Gasteiger partial charge in [-0.3, -0.25) is 0 Å². The Morgan fingerprint density at radius 2 is 2.20 bits per heavy atom. The summed E-state index contributed by atoms with van der Waals surface area (Å²) in [6.45, 7) is 4.05. The van der Waals surface area contributed by atoms with Crippen molar-refractivity contribution in [1.82, 2.24) is 10.2 Å². The van der Waals surface area contributed by atoms with Gasteiger partial charge in [0.05, 0.1) is 19.3 Å². The Kier molecular flexibility index (Phi) is 5.19. The third kappa shape index (κ3) is 3.40. The van der Waals surface area contributed by atoms with Crippen molar-refractivity contribution in [2.75, 3.05) is 32.9 Å². The molecule has 0 aliphatic carbocycles. The molecule has 0 radical (unpaired) electrons. The van der Waals surface area contributed by atoms with Crippen molar-refractivity contribution < 1.29 is 24.2 Å². The zero-order valence-corrected chi connectivity index (χ0v) is 11.7. The molecule has 114 valence electrons. The van der Waals surface area contributed by atoms with Gasteiger partial charge in [0, 0.05) is 25.6 Å². The Labute approximate surface area is 118 Å². The first kappa shape index (κ1) is 15.1. The number of urea groups is 1. The molecule has 2 N–H and O–H groups in total. The van der Waals surface area contributed by atoms with Crippen LogP contribution in [0.2, 0.25) is 0 Å². The molecule has 3 unspecified atom stereocenters. The number of rotatable bonds is 4. The molecule has 0 aromatic rings. The van der Waals surface area contributed by atoms with Crippen LogP contribution in [0.1, 0.15) is 19.8 Å². The Hall–Kier alpha value is -1.34. The highest BCUT2D eigenvalue weighted by atomic mass is 16.5. The first-order valence-electron chi connectivity index (χ1n) is 7.10. The van der Waals surface area contributed by atoms with Gasteiger partial charge in [0.25, 0.3) is 0 Å². The minimum atomic E-state index is -1.03. The van der Waals surface area contributed by atoms with E-state index in [9.17, 15) is 9.59 Å². The number of hydrogen-bond donors (Lipinski definition) is 2. The number of morpholine rings is 1. The molecule has 20 heavy (non-hydrogen) atoms. The van der Waals surface area contributed by atoms with Gasteiger partial charge in [-0.2, -0.15) is 0 Å². The molecule has 2 rings (SSSR count). The summed E-state index contributed by atoms with van der Waals surface area (Å²) >= 11 is 0. The maximum absolute atomic E-state index is 12.1. The molecule has 0 saturated carbocycles. The van der Waals surface area contributed by atoms with E-state index in [4.69, 9.17) is 14.6 Å². The third-order valence-corrected chi connectivity index (χ3v) is 3.94. The van der Waals surface area contributed by atoms with Crippen molar-refractivity contribution in [2.45, 2.75) is 31.9 Å². The number of amides is 2. The number of nitrogens with one attached hydrogen (secondary N) is 1. The van der Waals surface area contributed by atoms with E-state index in [1.54, 1.807) is 0 Å². The summed E-state index contributed by atoms with van der Waals surface area (Å²) in [5.74, 6) is -0.719. The summed E-state index contributed by atoms with van der Waals surface area (Å²) in [6.07, 6.45) is 2.05. The third-order valence-electron chi connectivity index (χ3n) is 3.94. The number of nitrogens with zero attached hydrogens (tertiary/aromatic N) is 1. The van der Waals surface area contributed by atoms with Crippen LogP contribution in [0.4, 0.5) is 4.79 Å². The summed E-state index contributed by atoms with van der Waals surface area (Å²) in [7, 11) is 0. The second kappa shape index (κ2) is 6.90. The van der Waals surface area contributed by atoms with Gasteiger partial charge in [0.1, 0.15) is 0 Å². The van der Waals surface area contributed by atoms with Crippen LogP contribution in [0.5, 0.6) is 0 Å². The average molecular weight is 286 g/mol. The maximum Gasteiger partial charge on any atom is 0.328 e. The summed E-state index contributed by atoms with van der Waals surface area (Å²) in [5.41, 5.74) is 0. The van der Waals surface area contributed by atoms with Gasteiger partial charge in [-0.05, 0) is 12.8 Å². The molecule has 7 nitrogen and oxygen atoms in total. The Morgan fingerprint density at radius 3 is 2.90 bits per heavy atom. The van der Waals surface area contributed by atoms with Crippen LogP contribution in [0.15, 0.2) is 0 Å². The van der Waals surface area contributed by atoms with E-state index in [2.05, 4.69) is 12.2 Å². The predicted molar refractivity (Wildman–Crippen MR) is 70.5 cm³/mol. The van der Waals surface area contributed by atoms with Crippen LogP contribution in [0.25, 0.3) is 0 Å². The van der Waals surface area contributed by atoms with Crippen LogP contribution in [0, 0.1) is 5.92 Å². The van der Waals surface area contributed by atoms with Gasteiger partial charge in [-0.1, -0.05) is 6.92 Å². The lowest BCUT2D eigenvalue weighted by Gasteiger charge is -2.33. The lowest BCUT2D eigenvalue weighted by molar-refractivity contribution is -0.147. The summed E-state index contributed by atoms with van der Waals surface area (Å²) in [4.78, 5) is 24.6. The molecule has 0 spiro atoms. The minimum absolute atomic E-state index is 0.0485. The van der Waals surface area contributed by atoms with Gasteiger partial charge in [-0.15, -0.1) is 0 Å². The fourth-order valence-electron chi connectivity index (χ4n) is 2.75. The highest BCUT2D eigenvalue weighted by molar-refractivity contribution is 5.83. The number of hydrogen-bond acceptors (Lipinski definition) is 4. The van der Waals surface area contributed by atoms with Crippen LogP contribution in [-0.4, -0.2) is 67.1 Å². The monoisotopic (exact) mass is 286 g/mol. The molecule has 2 fully saturated rings. The van der Waals surface area contributed by atoms with Crippen molar-refractivity contribution in [3.8, 4) is 0 Å². The van der Waals surface area contributed by atoms with Crippen LogP contribution in [-0.2, 0) is 14.3 Å². The molecule has 2 aliphatic rings. The number of ether oxygens (including phenoxy) is 2. The number of aliphatic carboxylic acids is 1. The van der Waals surface area contributed by atoms with Gasteiger partial charge in [0.2, 0.25) is 0 Å². The Bertz CT molecular complexity index is 363. The van der Waals surface area contributed by atoms with Gasteiger partial charge in [0.15, 0.2) is 6.04 Å². The molecular formula is C13H22N2O5. The van der Waals surface area contributed by atoms with Crippen molar-refractivity contribution in [1.29, 1.82) is 0 Å². The van der Waals surface area contributed by atoms with Crippen molar-refractivity contribution >= 4 is 12.0 Å². The van der Waals surface area contributed by atoms with E-state index in [0.717, 1.165) is 19.4 Å². The molecule has 0 bridgehead atoms. The van der Waals surface area contributed by atoms with Crippen LogP contribution >= 0.6 is 0 Å². The topological polar surface area (TPSA) is 88.1 Å². The molecule has 2 saturated heterocycles. The lowest BCUT2D eigenvalue weighted by Crippen LogP contribution is -2.56. The first-order valence-corrected chi connectivity index (χ1v) is 7.10. The quantitative estimate of drug-likeness (QED) is 0.776. The standard InChI is InChI=1S/C13H22N2O5/c1-2-11-9(3-5-20-11)7-14-13(18)15-4-6-19-8-10(15)12(16)17/h9-11H,2-8H2,1H3,(H,14,18)(H,16,17). The van der Waals surface area contributed by atoms with E-state index in [1.165, 1.54) is 4.90 Å². The van der Waals surface area contributed by atoms with E-state index in [1.807, 2.05) is 0 Å². The molecule has 2 aliphatic heterocycles. The summed E-state index contributed by atoms with van der Waals surface area (Å²) in [5, 5.41) is 11.9. The number of carbonyl (C=O) groups is 2. The van der Waals surface area contributed by atoms with E-state index in [0.29, 0.717) is 25.6 Å². The summed E-state index contributed by atoms with van der Waals surface area (Å²) in [6, 6.07) is -1.23. The zero-order chi connectivity index (χ0) is 14.5. The first-order chi connectivity index (χ1) is 9.63. The second-order valence-corrected chi connectivity index (χ2v) is 5.17. The van der Waals surface area contributed by atoms with Gasteiger partial charge >= 0.3 is 12.0 Å². The Balaban J connectivity index is 1.85. The highest BCUT2D eigenvalue weighted by Gasteiger charge is 2.34. The van der Waals surface area contributed by atoms with Crippen LogP contribution in [0.3, 0.4) is 0 Å². The second-order valence-electron chi connectivity index (χ2n) is 5.17. The van der Waals surface area contributed by atoms with Gasteiger partial charge < -0.3 is 24.8 Å². The molecule has 7 heteroatoms. The molecular weight excluding hydrogens is 264 g/mol. The number of carboxylic acid groups (broad SMARTS) is 1. The fraction of sp³-hybridized carbons (Fsp3) is 0.846. The van der Waals surface area contributed by atoms with Crippen LogP contribution < -0.4 is 5.32 Å². The molecule has 2 amide bonds. The fourth-order valence-corrected chi connectivity index (χ4v) is 2.75. The smallest absolute Gasteiger partial charge is 0.328 e. The molecule has 0 aromatic carbocycles. The van der Waals surface area contributed by atoms with E-state index >= 15 is 0 Å². The average Bonchev–Trinajstić information content (AvgIpc) is 2.92. The zero-order valence-electron chi connectivity index (χ0n) is 11.7. The van der Waals surface area contributed by atoms with Crippen molar-refractivity contribution in [3.05, 3.63) is 0 Å². The summed E-state index contributed by atoms with van der Waals surface area (Å²) < 4.78 is 10.7.